The number of nitrogens with one attached hydrogen (secondary N) is 1. The Kier molecular flexibility index (Phi) is 5.42. The molecule has 3 saturated carbocycles. The van der Waals surface area contributed by atoms with E-state index in [1.807, 2.05) is 14.1 Å². The summed E-state index contributed by atoms with van der Waals surface area (Å²) in [5, 5.41) is 7.24. The van der Waals surface area contributed by atoms with Crippen LogP contribution in [0.4, 0.5) is 19.0 Å². The van der Waals surface area contributed by atoms with E-state index < -0.39 is 12.0 Å². The Balaban J connectivity index is 1.42. The van der Waals surface area contributed by atoms with E-state index in [2.05, 4.69) is 30.3 Å². The van der Waals surface area contributed by atoms with Crippen molar-refractivity contribution >= 4 is 22.8 Å². The van der Waals surface area contributed by atoms with E-state index in [0.717, 1.165) is 0 Å². The van der Waals surface area contributed by atoms with E-state index in [1.54, 1.807) is 30.1 Å². The fraction of sp³-hybridized carbons (Fsp3) is 0.346. The lowest BCUT2D eigenvalue weighted by atomic mass is 9.38. The van der Waals surface area contributed by atoms with Crippen LogP contribution in [0.1, 0.15) is 19.3 Å². The zero-order chi connectivity index (χ0) is 26.8. The van der Waals surface area contributed by atoms with Crippen LogP contribution in [0, 0.1) is 11.2 Å². The molecule has 7 rings (SSSR count). The van der Waals surface area contributed by atoms with Crippen LogP contribution in [-0.4, -0.2) is 61.8 Å². The summed E-state index contributed by atoms with van der Waals surface area (Å²) in [7, 11) is 5.71. The number of alkyl halides is 2. The maximum atomic E-state index is 13.5. The number of fused-ring (bicyclic) bond motifs is 1. The van der Waals surface area contributed by atoms with Gasteiger partial charge in [-0.3, -0.25) is 9.48 Å². The minimum atomic E-state index is -3.12. The number of aryl methyl sites for hydroxylation is 1. The third-order valence-electron chi connectivity index (χ3n) is 7.66. The summed E-state index contributed by atoms with van der Waals surface area (Å²) in [5.74, 6) is -1.08. The maximum absolute atomic E-state index is 13.5. The molecule has 3 fully saturated rings. The standard InChI is InChI=1S/C26H24F3N7O2/c1-35(2)26-10-25(11-26,12-26)23(37)33-22-18(38-24(28)29)8-17-21(32-22)20(31-13-30-17)16-9-36(3)34-19(16)14-4-6-15(27)7-5-14/h4-9,13,24H,10-12H2,1-3H3,(H,32,33,37). The lowest BCUT2D eigenvalue weighted by Crippen LogP contribution is -2.76. The zero-order valence-electron chi connectivity index (χ0n) is 20.9. The summed E-state index contributed by atoms with van der Waals surface area (Å²) >= 11 is 0. The van der Waals surface area contributed by atoms with Crippen molar-refractivity contribution in [1.29, 1.82) is 0 Å². The first-order valence-electron chi connectivity index (χ1n) is 12.0. The molecule has 3 heterocycles. The van der Waals surface area contributed by atoms with Gasteiger partial charge in [-0.15, -0.1) is 0 Å². The number of benzene rings is 1. The van der Waals surface area contributed by atoms with Crippen molar-refractivity contribution in [3.63, 3.8) is 0 Å². The van der Waals surface area contributed by atoms with Crippen molar-refractivity contribution in [2.45, 2.75) is 31.4 Å². The summed E-state index contributed by atoms with van der Waals surface area (Å²) < 4.78 is 46.4. The average Bonchev–Trinajstić information content (AvgIpc) is 3.18. The second kappa shape index (κ2) is 8.48. The molecular formula is C26H24F3N7O2. The molecule has 3 aliphatic rings. The maximum Gasteiger partial charge on any atom is 0.387 e. The van der Waals surface area contributed by atoms with Crippen molar-refractivity contribution in [1.82, 2.24) is 29.6 Å². The van der Waals surface area contributed by atoms with Crippen molar-refractivity contribution in [3.8, 4) is 28.3 Å². The van der Waals surface area contributed by atoms with Crippen molar-refractivity contribution < 1.29 is 22.7 Å². The third kappa shape index (κ3) is 3.78. The summed E-state index contributed by atoms with van der Waals surface area (Å²) in [6.45, 7) is -3.12. The highest BCUT2D eigenvalue weighted by Crippen LogP contribution is 2.69. The number of hydrogen-bond acceptors (Lipinski definition) is 7. The molecule has 0 saturated heterocycles. The Labute approximate surface area is 215 Å². The molecule has 196 valence electrons. The van der Waals surface area contributed by atoms with Gasteiger partial charge < -0.3 is 15.0 Å². The third-order valence-corrected chi connectivity index (χ3v) is 7.66. The Morgan fingerprint density at radius 3 is 2.50 bits per heavy atom. The number of ether oxygens (including phenoxy) is 1. The van der Waals surface area contributed by atoms with Gasteiger partial charge in [-0.05, 0) is 57.6 Å². The Morgan fingerprint density at radius 2 is 1.84 bits per heavy atom. The molecule has 1 amide bonds. The lowest BCUT2D eigenvalue weighted by Gasteiger charge is -2.71. The van der Waals surface area contributed by atoms with E-state index in [1.165, 1.54) is 24.5 Å². The summed E-state index contributed by atoms with van der Waals surface area (Å²) in [6.07, 6.45) is 5.10. The molecule has 9 nitrogen and oxygen atoms in total. The predicted molar refractivity (Wildman–Crippen MR) is 133 cm³/mol. The summed E-state index contributed by atoms with van der Waals surface area (Å²) in [6, 6.07) is 7.17. The van der Waals surface area contributed by atoms with Crippen LogP contribution in [0.2, 0.25) is 0 Å². The topological polar surface area (TPSA) is 98.1 Å². The number of amides is 1. The minimum absolute atomic E-state index is 0.0224. The van der Waals surface area contributed by atoms with E-state index in [-0.39, 0.29) is 39.9 Å². The monoisotopic (exact) mass is 523 g/mol. The lowest BCUT2D eigenvalue weighted by molar-refractivity contribution is -0.204. The molecule has 3 aliphatic carbocycles. The van der Waals surface area contributed by atoms with Gasteiger partial charge in [0.25, 0.3) is 0 Å². The van der Waals surface area contributed by atoms with Gasteiger partial charge in [0.15, 0.2) is 11.6 Å². The number of rotatable bonds is 7. The molecule has 0 unspecified atom stereocenters. The van der Waals surface area contributed by atoms with Crippen LogP contribution in [-0.2, 0) is 11.8 Å². The predicted octanol–water partition coefficient (Wildman–Crippen LogP) is 4.26. The van der Waals surface area contributed by atoms with Crippen LogP contribution >= 0.6 is 0 Å². The Morgan fingerprint density at radius 1 is 1.13 bits per heavy atom. The first-order valence-corrected chi connectivity index (χ1v) is 12.0. The SMILES string of the molecule is CN(C)C12CC(C(=O)Nc3nc4c(-c5cn(C)nc5-c5ccc(F)cc5)ncnc4cc3OC(F)F)(C1)C2. The quantitative estimate of drug-likeness (QED) is 0.387. The number of anilines is 1. The van der Waals surface area contributed by atoms with Crippen LogP contribution in [0.5, 0.6) is 5.75 Å². The van der Waals surface area contributed by atoms with Gasteiger partial charge in [0.05, 0.1) is 10.9 Å². The van der Waals surface area contributed by atoms with Crippen LogP contribution in [0.25, 0.3) is 33.5 Å². The van der Waals surface area contributed by atoms with Gasteiger partial charge in [0, 0.05) is 36.0 Å². The number of hydrogen-bond donors (Lipinski definition) is 1. The highest BCUT2D eigenvalue weighted by atomic mass is 19.3. The highest BCUT2D eigenvalue weighted by Gasteiger charge is 2.72. The van der Waals surface area contributed by atoms with Crippen molar-refractivity contribution in [2.75, 3.05) is 19.4 Å². The Bertz CT molecular complexity index is 1550. The van der Waals surface area contributed by atoms with Gasteiger partial charge in [0.1, 0.15) is 29.0 Å². The first kappa shape index (κ1) is 24.3. The normalized spacial score (nSPS) is 21.9. The zero-order valence-corrected chi connectivity index (χ0v) is 20.9. The van der Waals surface area contributed by atoms with Crippen LogP contribution in [0.3, 0.4) is 0 Å². The number of nitrogens with zero attached hydrogens (tertiary/aromatic N) is 6. The first-order chi connectivity index (χ1) is 18.1. The van der Waals surface area contributed by atoms with Crippen LogP contribution in [0.15, 0.2) is 42.9 Å². The number of aromatic nitrogens is 5. The molecule has 3 aromatic heterocycles. The van der Waals surface area contributed by atoms with Gasteiger partial charge in [-0.1, -0.05) is 0 Å². The number of halogens is 3. The van der Waals surface area contributed by atoms with Gasteiger partial charge >= 0.3 is 6.61 Å². The molecule has 38 heavy (non-hydrogen) atoms. The number of pyridine rings is 1. The molecule has 4 aromatic rings. The fourth-order valence-corrected chi connectivity index (χ4v) is 5.61. The molecule has 1 aromatic carbocycles. The molecular weight excluding hydrogens is 499 g/mol. The number of carbonyl (C=O) groups excluding carboxylic acids is 1. The summed E-state index contributed by atoms with van der Waals surface area (Å²) in [5.41, 5.74) is 2.11. The second-order valence-corrected chi connectivity index (χ2v) is 10.3. The second-order valence-electron chi connectivity index (χ2n) is 10.3. The van der Waals surface area contributed by atoms with E-state index in [9.17, 15) is 18.0 Å². The minimum Gasteiger partial charge on any atom is -0.431 e. The van der Waals surface area contributed by atoms with E-state index in [0.29, 0.717) is 41.8 Å². The summed E-state index contributed by atoms with van der Waals surface area (Å²) in [4.78, 5) is 28.5. The molecule has 1 N–H and O–H groups in total. The Hall–Kier alpha value is -4.06. The van der Waals surface area contributed by atoms with Crippen molar-refractivity contribution in [2.24, 2.45) is 12.5 Å². The number of carbonyl (C=O) groups is 1. The smallest absolute Gasteiger partial charge is 0.387 e. The fourth-order valence-electron chi connectivity index (χ4n) is 5.61. The average molecular weight is 524 g/mol. The molecule has 12 heteroatoms. The molecule has 0 aliphatic heterocycles. The van der Waals surface area contributed by atoms with Gasteiger partial charge in [-0.2, -0.15) is 13.9 Å². The molecule has 0 radical (unpaired) electrons. The molecule has 2 bridgehead atoms. The van der Waals surface area contributed by atoms with Gasteiger partial charge in [0.2, 0.25) is 5.91 Å². The van der Waals surface area contributed by atoms with Crippen molar-refractivity contribution in [3.05, 3.63) is 48.7 Å². The largest absolute Gasteiger partial charge is 0.431 e. The van der Waals surface area contributed by atoms with E-state index >= 15 is 0 Å². The molecule has 0 spiro atoms. The van der Waals surface area contributed by atoms with Gasteiger partial charge in [-0.25, -0.2) is 19.3 Å². The highest BCUT2D eigenvalue weighted by molar-refractivity contribution is 6.01. The van der Waals surface area contributed by atoms with Crippen LogP contribution < -0.4 is 10.1 Å². The molecule has 0 atom stereocenters. The van der Waals surface area contributed by atoms with E-state index in [4.69, 9.17) is 4.74 Å².